The van der Waals surface area contributed by atoms with Gasteiger partial charge >= 0.3 is 0 Å². The number of rotatable bonds is 7. The molecule has 0 aromatic carbocycles. The predicted molar refractivity (Wildman–Crippen MR) is 100 cm³/mol. The molecule has 1 atom stereocenters. The summed E-state index contributed by atoms with van der Waals surface area (Å²) in [4.78, 5) is 19.0. The summed E-state index contributed by atoms with van der Waals surface area (Å²) in [6.07, 6.45) is 12.0. The molecule has 1 unspecified atom stereocenters. The fraction of sp³-hybridized carbons (Fsp3) is 0.895. The molecule has 5 nitrogen and oxygen atoms in total. The summed E-state index contributed by atoms with van der Waals surface area (Å²) in [6.45, 7) is 4.91. The molecule has 5 heteroatoms. The molecule has 1 heterocycles. The lowest BCUT2D eigenvalue weighted by molar-refractivity contribution is -0.135. The third-order valence-electron chi connectivity index (χ3n) is 5.34. The lowest BCUT2D eigenvalue weighted by Gasteiger charge is -2.26. The van der Waals surface area contributed by atoms with Crippen molar-refractivity contribution < 1.29 is 4.79 Å². The number of unbranched alkanes of at least 4 members (excludes halogenated alkanes) is 3. The van der Waals surface area contributed by atoms with Crippen molar-refractivity contribution in [3.63, 3.8) is 0 Å². The highest BCUT2D eigenvalue weighted by atomic mass is 16.2. The van der Waals surface area contributed by atoms with Crippen LogP contribution in [0.1, 0.15) is 71.1 Å². The van der Waals surface area contributed by atoms with Gasteiger partial charge in [-0.3, -0.25) is 9.79 Å². The first-order valence-electron chi connectivity index (χ1n) is 10.0. The van der Waals surface area contributed by atoms with Gasteiger partial charge in [-0.1, -0.05) is 45.4 Å². The molecular formula is C19H36N4O. The minimum Gasteiger partial charge on any atom is -0.356 e. The quantitative estimate of drug-likeness (QED) is 0.427. The van der Waals surface area contributed by atoms with Crippen LogP contribution >= 0.6 is 0 Å². The van der Waals surface area contributed by atoms with E-state index in [1.165, 1.54) is 44.9 Å². The van der Waals surface area contributed by atoms with Gasteiger partial charge in [0.2, 0.25) is 5.91 Å². The summed E-state index contributed by atoms with van der Waals surface area (Å²) in [5.74, 6) is 1.55. The van der Waals surface area contributed by atoms with Crippen molar-refractivity contribution in [3.8, 4) is 0 Å². The van der Waals surface area contributed by atoms with Crippen LogP contribution < -0.4 is 10.6 Å². The van der Waals surface area contributed by atoms with E-state index in [4.69, 9.17) is 0 Å². The van der Waals surface area contributed by atoms with Gasteiger partial charge in [0.25, 0.3) is 0 Å². The van der Waals surface area contributed by atoms with Crippen LogP contribution in [-0.2, 0) is 4.79 Å². The number of nitrogens with zero attached hydrogens (tertiary/aromatic N) is 2. The molecule has 24 heavy (non-hydrogen) atoms. The van der Waals surface area contributed by atoms with Crippen molar-refractivity contribution in [2.75, 3.05) is 26.7 Å². The van der Waals surface area contributed by atoms with Gasteiger partial charge in [0.05, 0.1) is 0 Å². The average molecular weight is 337 g/mol. The molecule has 0 radical (unpaired) electrons. The molecule has 2 aliphatic rings. The summed E-state index contributed by atoms with van der Waals surface area (Å²) in [6, 6.07) is 0.333. The lowest BCUT2D eigenvalue weighted by Crippen LogP contribution is -2.45. The van der Waals surface area contributed by atoms with Gasteiger partial charge in [0.1, 0.15) is 0 Å². The van der Waals surface area contributed by atoms with Gasteiger partial charge < -0.3 is 15.5 Å². The number of amides is 1. The van der Waals surface area contributed by atoms with Crippen LogP contribution in [-0.4, -0.2) is 49.5 Å². The molecule has 138 valence electrons. The number of carbonyl (C=O) groups excluding carboxylic acids is 1. The summed E-state index contributed by atoms with van der Waals surface area (Å²) >= 11 is 0. The zero-order valence-corrected chi connectivity index (χ0v) is 15.6. The van der Waals surface area contributed by atoms with Crippen LogP contribution in [0.4, 0.5) is 0 Å². The Kier molecular flexibility index (Phi) is 8.40. The Labute approximate surface area is 147 Å². The third kappa shape index (κ3) is 5.99. The molecule has 1 aliphatic carbocycles. The highest BCUT2D eigenvalue weighted by molar-refractivity contribution is 5.81. The molecule has 0 aromatic heterocycles. The van der Waals surface area contributed by atoms with E-state index in [1.807, 2.05) is 7.05 Å². The largest absolute Gasteiger partial charge is 0.356 e. The minimum atomic E-state index is 0.286. The van der Waals surface area contributed by atoms with E-state index < -0.39 is 0 Å². The fourth-order valence-corrected chi connectivity index (χ4v) is 3.83. The van der Waals surface area contributed by atoms with Crippen LogP contribution in [0.5, 0.6) is 0 Å². The van der Waals surface area contributed by atoms with E-state index >= 15 is 0 Å². The maximum atomic E-state index is 12.6. The highest BCUT2D eigenvalue weighted by Gasteiger charge is 2.31. The molecule has 2 rings (SSSR count). The molecule has 1 saturated carbocycles. The second-order valence-electron chi connectivity index (χ2n) is 7.31. The Morgan fingerprint density at radius 2 is 1.92 bits per heavy atom. The van der Waals surface area contributed by atoms with Crippen molar-refractivity contribution in [1.82, 2.24) is 15.5 Å². The maximum Gasteiger partial charge on any atom is 0.225 e. The summed E-state index contributed by atoms with van der Waals surface area (Å²) in [5.41, 5.74) is 0. The maximum absolute atomic E-state index is 12.6. The number of carbonyl (C=O) groups is 1. The topological polar surface area (TPSA) is 56.7 Å². The van der Waals surface area contributed by atoms with Gasteiger partial charge in [0, 0.05) is 38.6 Å². The first kappa shape index (κ1) is 19.1. The zero-order chi connectivity index (χ0) is 17.2. The Morgan fingerprint density at radius 1 is 1.12 bits per heavy atom. The number of hydrogen-bond donors (Lipinski definition) is 2. The SMILES string of the molecule is CCCCCCNC(=NC)NC1CCN(C(=O)C2CCCCC2)C1. The second-order valence-corrected chi connectivity index (χ2v) is 7.31. The zero-order valence-electron chi connectivity index (χ0n) is 15.6. The van der Waals surface area contributed by atoms with Crippen molar-refractivity contribution in [2.24, 2.45) is 10.9 Å². The van der Waals surface area contributed by atoms with Gasteiger partial charge in [-0.2, -0.15) is 0 Å². The molecule has 0 aromatic rings. The molecule has 1 aliphatic heterocycles. The van der Waals surface area contributed by atoms with Gasteiger partial charge in [0.15, 0.2) is 5.96 Å². The van der Waals surface area contributed by atoms with E-state index in [0.717, 1.165) is 44.9 Å². The van der Waals surface area contributed by atoms with Crippen LogP contribution in [0, 0.1) is 5.92 Å². The van der Waals surface area contributed by atoms with E-state index in [1.54, 1.807) is 0 Å². The number of aliphatic imine (C=N–C) groups is 1. The summed E-state index contributed by atoms with van der Waals surface area (Å²) in [7, 11) is 1.82. The number of likely N-dealkylation sites (tertiary alicyclic amines) is 1. The van der Waals surface area contributed by atoms with Gasteiger partial charge in [-0.05, 0) is 25.7 Å². The number of guanidine groups is 1. The van der Waals surface area contributed by atoms with E-state index in [-0.39, 0.29) is 5.92 Å². The fourth-order valence-electron chi connectivity index (χ4n) is 3.83. The summed E-state index contributed by atoms with van der Waals surface area (Å²) in [5, 5.41) is 6.89. The second kappa shape index (κ2) is 10.6. The Balaban J connectivity index is 1.68. The van der Waals surface area contributed by atoms with Crippen molar-refractivity contribution >= 4 is 11.9 Å². The third-order valence-corrected chi connectivity index (χ3v) is 5.34. The Bertz CT molecular complexity index is 404. The van der Waals surface area contributed by atoms with E-state index in [2.05, 4.69) is 27.4 Å². The molecule has 1 amide bonds. The molecule has 2 fully saturated rings. The van der Waals surface area contributed by atoms with Crippen LogP contribution in [0.2, 0.25) is 0 Å². The monoisotopic (exact) mass is 336 g/mol. The number of nitrogens with one attached hydrogen (secondary N) is 2. The Morgan fingerprint density at radius 3 is 2.62 bits per heavy atom. The van der Waals surface area contributed by atoms with Crippen molar-refractivity contribution in [2.45, 2.75) is 77.2 Å². The van der Waals surface area contributed by atoms with E-state index in [0.29, 0.717) is 11.9 Å². The molecule has 0 spiro atoms. The minimum absolute atomic E-state index is 0.286. The first-order valence-corrected chi connectivity index (χ1v) is 10.0. The lowest BCUT2D eigenvalue weighted by atomic mass is 9.88. The van der Waals surface area contributed by atoms with Crippen LogP contribution in [0.3, 0.4) is 0 Å². The average Bonchev–Trinajstić information content (AvgIpc) is 3.09. The number of hydrogen-bond acceptors (Lipinski definition) is 2. The first-order chi connectivity index (χ1) is 11.7. The Hall–Kier alpha value is -1.26. The van der Waals surface area contributed by atoms with Crippen molar-refractivity contribution in [1.29, 1.82) is 0 Å². The van der Waals surface area contributed by atoms with Gasteiger partial charge in [-0.15, -0.1) is 0 Å². The molecule has 1 saturated heterocycles. The highest BCUT2D eigenvalue weighted by Crippen LogP contribution is 2.26. The van der Waals surface area contributed by atoms with Crippen molar-refractivity contribution in [3.05, 3.63) is 0 Å². The molecule has 0 bridgehead atoms. The van der Waals surface area contributed by atoms with Crippen LogP contribution in [0.25, 0.3) is 0 Å². The molecular weight excluding hydrogens is 300 g/mol. The summed E-state index contributed by atoms with van der Waals surface area (Å²) < 4.78 is 0. The standard InChI is InChI=1S/C19H36N4O/c1-3-4-5-9-13-21-19(20-2)22-17-12-14-23(15-17)18(24)16-10-7-6-8-11-16/h16-17H,3-15H2,1-2H3,(H2,20,21,22). The predicted octanol–water partition coefficient (Wildman–Crippen LogP) is 2.91. The molecule has 2 N–H and O–H groups in total. The van der Waals surface area contributed by atoms with E-state index in [9.17, 15) is 4.79 Å². The van der Waals surface area contributed by atoms with Crippen LogP contribution in [0.15, 0.2) is 4.99 Å². The normalized spacial score (nSPS) is 22.7. The smallest absolute Gasteiger partial charge is 0.225 e. The van der Waals surface area contributed by atoms with Gasteiger partial charge in [-0.25, -0.2) is 0 Å².